The minimum atomic E-state index is -2.98. The number of benzene rings is 6. The highest BCUT2D eigenvalue weighted by atomic mass is 19.2. The quantitative estimate of drug-likeness (QED) is 0.0208. The SMILES string of the molecule is CCCCN(CCO)C(=O)c1cc2ccccc2c(N)c1OC1(F)Nc2cc([N+](=O)[O-])ccc2O1.CCCCN(CCO)C(=O)c1cc2ccccc2c(N)c1OC1Nc2cc([N+](=O)[O-])ccc2O1. The lowest BCUT2D eigenvalue weighted by molar-refractivity contribution is -0.385. The van der Waals surface area contributed by atoms with Crippen LogP contribution in [0.25, 0.3) is 21.5 Å². The molecule has 8 N–H and O–H groups in total. The zero-order chi connectivity index (χ0) is 49.4. The summed E-state index contributed by atoms with van der Waals surface area (Å²) in [6.07, 6.45) is -0.817. The van der Waals surface area contributed by atoms with Gasteiger partial charge in [0.15, 0.2) is 17.2 Å². The Morgan fingerprint density at radius 1 is 0.725 bits per heavy atom. The number of aliphatic hydroxyl groups excluding tert-OH is 2. The van der Waals surface area contributed by atoms with Gasteiger partial charge in [-0.1, -0.05) is 75.2 Å². The van der Waals surface area contributed by atoms with Crippen molar-refractivity contribution in [1.82, 2.24) is 9.80 Å². The number of ether oxygens (including phenoxy) is 4. The van der Waals surface area contributed by atoms with E-state index in [0.29, 0.717) is 47.1 Å². The molecule has 362 valence electrons. The molecule has 0 spiro atoms. The summed E-state index contributed by atoms with van der Waals surface area (Å²) >= 11 is 0. The van der Waals surface area contributed by atoms with Crippen LogP contribution in [0.1, 0.15) is 60.2 Å². The number of carbonyl (C=O) groups is 2. The third-order valence-corrected chi connectivity index (χ3v) is 11.3. The van der Waals surface area contributed by atoms with Crippen molar-refractivity contribution in [2.45, 2.75) is 52.1 Å². The number of nitrogens with one attached hydrogen (secondary N) is 2. The van der Waals surface area contributed by atoms with Gasteiger partial charge in [-0.05, 0) is 47.9 Å². The average molecular weight is 951 g/mol. The van der Waals surface area contributed by atoms with E-state index in [1.807, 2.05) is 38.1 Å². The lowest BCUT2D eigenvalue weighted by atomic mass is 10.0. The summed E-state index contributed by atoms with van der Waals surface area (Å²) in [4.78, 5) is 51.1. The smallest absolute Gasteiger partial charge is 0.435 e. The Balaban J connectivity index is 0.000000204. The summed E-state index contributed by atoms with van der Waals surface area (Å²) in [5.41, 5.74) is 13.4. The number of carbonyl (C=O) groups excluding carboxylic acids is 2. The van der Waals surface area contributed by atoms with Crippen molar-refractivity contribution in [3.63, 3.8) is 0 Å². The maximum Gasteiger partial charge on any atom is 0.506 e. The molecule has 0 bridgehead atoms. The molecular weight excluding hydrogens is 900 g/mol. The van der Waals surface area contributed by atoms with Crippen LogP contribution in [0.15, 0.2) is 97.1 Å². The highest BCUT2D eigenvalue weighted by molar-refractivity contribution is 6.08. The number of halogens is 1. The Kier molecular flexibility index (Phi) is 15.0. The van der Waals surface area contributed by atoms with Gasteiger partial charge >= 0.3 is 12.6 Å². The molecule has 0 saturated carbocycles. The molecule has 2 aliphatic rings. The van der Waals surface area contributed by atoms with E-state index in [9.17, 15) is 40.0 Å². The van der Waals surface area contributed by atoms with Crippen molar-refractivity contribution < 1.29 is 53.0 Å². The van der Waals surface area contributed by atoms with Gasteiger partial charge in [-0.15, -0.1) is 4.39 Å². The number of nitro benzene ring substituents is 2. The third-order valence-electron chi connectivity index (χ3n) is 11.3. The van der Waals surface area contributed by atoms with Gasteiger partial charge in [-0.3, -0.25) is 35.1 Å². The Hall–Kier alpha value is -8.17. The Morgan fingerprint density at radius 2 is 1.22 bits per heavy atom. The third kappa shape index (κ3) is 10.7. The van der Waals surface area contributed by atoms with Gasteiger partial charge in [0.1, 0.15) is 5.75 Å². The van der Waals surface area contributed by atoms with E-state index in [0.717, 1.165) is 30.7 Å². The van der Waals surface area contributed by atoms with Crippen molar-refractivity contribution in [1.29, 1.82) is 0 Å². The fourth-order valence-electron chi connectivity index (χ4n) is 7.78. The van der Waals surface area contributed by atoms with E-state index in [1.54, 1.807) is 41.3 Å². The number of nitro groups is 2. The number of anilines is 4. The van der Waals surface area contributed by atoms with Gasteiger partial charge in [0.05, 0.1) is 56.9 Å². The summed E-state index contributed by atoms with van der Waals surface area (Å²) in [5, 5.41) is 49.1. The summed E-state index contributed by atoms with van der Waals surface area (Å²) in [6.45, 7) is 4.70. The number of rotatable bonds is 18. The first kappa shape index (κ1) is 48.8. The molecule has 0 aliphatic carbocycles. The summed E-state index contributed by atoms with van der Waals surface area (Å²) in [5.74, 6) is -0.535. The molecular formula is C48H51FN8O12. The van der Waals surface area contributed by atoms with E-state index in [-0.39, 0.29) is 89.0 Å². The number of fused-ring (bicyclic) bond motifs is 4. The molecule has 2 aliphatic heterocycles. The molecule has 0 radical (unpaired) electrons. The number of hydrogen-bond acceptors (Lipinski definition) is 16. The first-order valence-corrected chi connectivity index (χ1v) is 22.1. The Morgan fingerprint density at radius 3 is 1.74 bits per heavy atom. The van der Waals surface area contributed by atoms with Crippen molar-refractivity contribution in [2.24, 2.45) is 0 Å². The monoisotopic (exact) mass is 950 g/mol. The van der Waals surface area contributed by atoms with Crippen LogP contribution in [0.5, 0.6) is 23.0 Å². The number of nitrogens with two attached hydrogens (primary N) is 2. The first-order chi connectivity index (χ1) is 33.2. The summed E-state index contributed by atoms with van der Waals surface area (Å²) < 4.78 is 38.4. The molecule has 0 saturated heterocycles. The fraction of sp³-hybridized carbons (Fsp3) is 0.292. The average Bonchev–Trinajstić information content (AvgIpc) is 3.91. The summed E-state index contributed by atoms with van der Waals surface area (Å²) in [6, 6.07) is 25.3. The molecule has 2 heterocycles. The van der Waals surface area contributed by atoms with Gasteiger partial charge in [-0.25, -0.2) is 0 Å². The fourth-order valence-corrected chi connectivity index (χ4v) is 7.78. The van der Waals surface area contributed by atoms with Gasteiger partial charge < -0.3 is 55.7 Å². The number of alkyl halides is 1. The molecule has 69 heavy (non-hydrogen) atoms. The highest BCUT2D eigenvalue weighted by Gasteiger charge is 2.45. The van der Waals surface area contributed by atoms with E-state index in [2.05, 4.69) is 10.6 Å². The molecule has 8 rings (SSSR count). The number of amides is 2. The second kappa shape index (κ2) is 21.2. The van der Waals surface area contributed by atoms with Crippen LogP contribution in [0.4, 0.5) is 38.5 Å². The van der Waals surface area contributed by atoms with Gasteiger partial charge in [-0.2, -0.15) is 0 Å². The predicted octanol–water partition coefficient (Wildman–Crippen LogP) is 7.76. The molecule has 21 heteroatoms. The van der Waals surface area contributed by atoms with E-state index < -0.39 is 28.3 Å². The molecule has 2 amide bonds. The molecule has 2 unspecified atom stereocenters. The van der Waals surface area contributed by atoms with Crippen LogP contribution in [0.3, 0.4) is 0 Å². The van der Waals surface area contributed by atoms with Crippen LogP contribution < -0.4 is 41.0 Å². The van der Waals surface area contributed by atoms with Gasteiger partial charge in [0.25, 0.3) is 23.2 Å². The zero-order valence-electron chi connectivity index (χ0n) is 37.7. The van der Waals surface area contributed by atoms with Crippen molar-refractivity contribution in [3.8, 4) is 23.0 Å². The normalized spacial score (nSPS) is 15.3. The first-order valence-electron chi connectivity index (χ1n) is 22.1. The predicted molar refractivity (Wildman–Crippen MR) is 256 cm³/mol. The molecule has 6 aromatic rings. The molecule has 0 aromatic heterocycles. The number of unbranched alkanes of at least 4 members (excludes halogenated alkanes) is 2. The number of aliphatic hydroxyl groups is 2. The van der Waals surface area contributed by atoms with E-state index in [1.165, 1.54) is 35.2 Å². The van der Waals surface area contributed by atoms with E-state index >= 15 is 4.39 Å². The molecule has 20 nitrogen and oxygen atoms in total. The standard InChI is InChI=1S/C24H25FN4O6.C24H26N4O6/c1-2-3-10-28(11-12-30)23(31)18-13-15-6-4-5-7-17(15)21(26)22(18)35-24(25)27-19-14-16(29(32)33)8-9-20(19)34-24;1-2-3-10-27(11-12-29)23(30)18-13-15-6-4-5-7-17(15)21(25)22(18)34-24-26-19-14-16(28(31)32)8-9-20(19)33-24/h4-9,13-14,27,30H,2-3,10-12,26H2,1H3;4-9,13-14,24,26,29H,2-3,10-12,25H2,1H3. The highest BCUT2D eigenvalue weighted by Crippen LogP contribution is 2.44. The minimum Gasteiger partial charge on any atom is -0.435 e. The zero-order valence-corrected chi connectivity index (χ0v) is 37.7. The van der Waals surface area contributed by atoms with Crippen molar-refractivity contribution in [3.05, 3.63) is 128 Å². The van der Waals surface area contributed by atoms with Crippen molar-refractivity contribution >= 4 is 67.5 Å². The molecule has 2 atom stereocenters. The maximum absolute atomic E-state index is 15.8. The number of hydrogen-bond donors (Lipinski definition) is 6. The second-order valence-electron chi connectivity index (χ2n) is 16.0. The Bertz CT molecular complexity index is 2910. The largest absolute Gasteiger partial charge is 0.506 e. The van der Waals surface area contributed by atoms with Crippen molar-refractivity contribution in [2.75, 3.05) is 61.5 Å². The number of nitrogen functional groups attached to an aromatic ring is 2. The van der Waals surface area contributed by atoms with Gasteiger partial charge in [0, 0.05) is 61.2 Å². The summed E-state index contributed by atoms with van der Waals surface area (Å²) in [7, 11) is 0. The number of non-ortho nitro benzene ring substituents is 2. The van der Waals surface area contributed by atoms with Gasteiger partial charge in [0.2, 0.25) is 0 Å². The van der Waals surface area contributed by atoms with Crippen LogP contribution in [-0.2, 0) is 0 Å². The second-order valence-corrected chi connectivity index (χ2v) is 16.0. The van der Waals surface area contributed by atoms with Crippen LogP contribution in [0, 0.1) is 20.2 Å². The number of nitrogens with zero attached hydrogens (tertiary/aromatic N) is 4. The molecule has 0 fully saturated rings. The van der Waals surface area contributed by atoms with E-state index in [4.69, 9.17) is 30.4 Å². The lowest BCUT2D eigenvalue weighted by Crippen LogP contribution is -2.42. The Labute approximate surface area is 394 Å². The topological polar surface area (TPSA) is 280 Å². The van der Waals surface area contributed by atoms with Crippen LogP contribution in [0.2, 0.25) is 0 Å². The molecule has 6 aromatic carbocycles. The minimum absolute atomic E-state index is 0.00445. The lowest BCUT2D eigenvalue weighted by Gasteiger charge is -2.26. The van der Waals surface area contributed by atoms with Crippen LogP contribution in [-0.4, -0.2) is 93.6 Å². The maximum atomic E-state index is 15.8. The van der Waals surface area contributed by atoms with Crippen LogP contribution >= 0.6 is 0 Å².